The molecule has 1 heterocycles. The number of anilines is 1. The van der Waals surface area contributed by atoms with Crippen molar-refractivity contribution >= 4 is 12.1 Å². The maximum atomic E-state index is 10.3. The summed E-state index contributed by atoms with van der Waals surface area (Å²) < 4.78 is 5.50. The Kier molecular flexibility index (Phi) is 3.13. The molecular formula is C12H10N2O2. The van der Waals surface area contributed by atoms with Gasteiger partial charge in [0, 0.05) is 24.0 Å². The van der Waals surface area contributed by atoms with E-state index in [1.54, 1.807) is 36.5 Å². The minimum Gasteiger partial charge on any atom is -0.439 e. The first kappa shape index (κ1) is 10.2. The second kappa shape index (κ2) is 4.93. The van der Waals surface area contributed by atoms with E-state index >= 15 is 0 Å². The molecular weight excluding hydrogens is 204 g/mol. The fourth-order valence-electron chi connectivity index (χ4n) is 1.25. The maximum Gasteiger partial charge on any atom is 0.219 e. The van der Waals surface area contributed by atoms with E-state index in [-0.39, 0.29) is 0 Å². The number of carbonyl (C=O) groups excluding carboxylic acids is 1. The third-order valence-corrected chi connectivity index (χ3v) is 1.92. The summed E-state index contributed by atoms with van der Waals surface area (Å²) in [4.78, 5) is 14.3. The molecule has 0 aliphatic heterocycles. The van der Waals surface area contributed by atoms with Gasteiger partial charge in [-0.3, -0.25) is 4.79 Å². The lowest BCUT2D eigenvalue weighted by Gasteiger charge is -2.05. The van der Waals surface area contributed by atoms with Crippen LogP contribution < -0.4 is 10.1 Å². The van der Waals surface area contributed by atoms with Gasteiger partial charge in [0.2, 0.25) is 12.3 Å². The van der Waals surface area contributed by atoms with Gasteiger partial charge in [0.05, 0.1) is 0 Å². The monoisotopic (exact) mass is 214 g/mol. The number of rotatable bonds is 4. The Morgan fingerprint density at radius 1 is 1.19 bits per heavy atom. The van der Waals surface area contributed by atoms with E-state index in [2.05, 4.69) is 10.3 Å². The summed E-state index contributed by atoms with van der Waals surface area (Å²) >= 11 is 0. The highest BCUT2D eigenvalue weighted by atomic mass is 16.5. The molecule has 0 radical (unpaired) electrons. The number of nitrogens with zero attached hydrogens (tertiary/aromatic N) is 1. The van der Waals surface area contributed by atoms with Crippen molar-refractivity contribution < 1.29 is 9.53 Å². The number of pyridine rings is 1. The van der Waals surface area contributed by atoms with Gasteiger partial charge in [-0.05, 0) is 18.2 Å². The van der Waals surface area contributed by atoms with Crippen molar-refractivity contribution in [3.8, 4) is 11.6 Å². The summed E-state index contributed by atoms with van der Waals surface area (Å²) in [6.45, 7) is 0. The molecule has 0 fully saturated rings. The third-order valence-electron chi connectivity index (χ3n) is 1.92. The average molecular weight is 214 g/mol. The van der Waals surface area contributed by atoms with E-state index < -0.39 is 0 Å². The maximum absolute atomic E-state index is 10.3. The fraction of sp³-hybridized carbons (Fsp3) is 0. The lowest BCUT2D eigenvalue weighted by molar-refractivity contribution is -0.105. The molecule has 4 nitrogen and oxygen atoms in total. The van der Waals surface area contributed by atoms with E-state index in [0.717, 1.165) is 0 Å². The molecule has 16 heavy (non-hydrogen) atoms. The number of carbonyl (C=O) groups is 1. The minimum atomic E-state index is 0.519. The summed E-state index contributed by atoms with van der Waals surface area (Å²) in [5, 5.41) is 2.55. The van der Waals surface area contributed by atoms with Crippen LogP contribution in [-0.2, 0) is 4.79 Å². The average Bonchev–Trinajstić information content (AvgIpc) is 2.31. The van der Waals surface area contributed by atoms with Gasteiger partial charge in [-0.15, -0.1) is 0 Å². The van der Waals surface area contributed by atoms with Crippen LogP contribution in [0.15, 0.2) is 48.7 Å². The van der Waals surface area contributed by atoms with Gasteiger partial charge in [-0.2, -0.15) is 0 Å². The molecule has 0 spiro atoms. The van der Waals surface area contributed by atoms with Crippen LogP contribution in [-0.4, -0.2) is 11.4 Å². The van der Waals surface area contributed by atoms with Crippen LogP contribution in [0, 0.1) is 0 Å². The minimum absolute atomic E-state index is 0.519. The van der Waals surface area contributed by atoms with Gasteiger partial charge in [-0.25, -0.2) is 4.98 Å². The Morgan fingerprint density at radius 2 is 2.12 bits per heavy atom. The smallest absolute Gasteiger partial charge is 0.219 e. The van der Waals surface area contributed by atoms with Crippen molar-refractivity contribution in [3.05, 3.63) is 48.7 Å². The SMILES string of the molecule is O=CNc1cccc(Oc2ccccn2)c1. The Labute approximate surface area is 92.9 Å². The normalized spacial score (nSPS) is 9.50. The lowest BCUT2D eigenvalue weighted by Crippen LogP contribution is -1.94. The molecule has 2 rings (SSSR count). The van der Waals surface area contributed by atoms with Crippen molar-refractivity contribution in [1.82, 2.24) is 4.98 Å². The lowest BCUT2D eigenvalue weighted by atomic mass is 10.3. The highest BCUT2D eigenvalue weighted by Gasteiger charge is 1.98. The number of benzene rings is 1. The summed E-state index contributed by atoms with van der Waals surface area (Å²) in [7, 11) is 0. The van der Waals surface area contributed by atoms with E-state index in [9.17, 15) is 4.79 Å². The highest BCUT2D eigenvalue weighted by molar-refractivity contribution is 5.71. The van der Waals surface area contributed by atoms with Crippen molar-refractivity contribution in [2.75, 3.05) is 5.32 Å². The summed E-state index contributed by atoms with van der Waals surface area (Å²) in [6, 6.07) is 12.5. The second-order valence-corrected chi connectivity index (χ2v) is 3.06. The predicted molar refractivity (Wildman–Crippen MR) is 60.4 cm³/mol. The first-order chi connectivity index (χ1) is 7.88. The molecule has 2 aromatic rings. The zero-order valence-corrected chi connectivity index (χ0v) is 8.46. The zero-order valence-electron chi connectivity index (χ0n) is 8.46. The number of nitrogens with one attached hydrogen (secondary N) is 1. The molecule has 0 aliphatic rings. The summed E-state index contributed by atoms with van der Waals surface area (Å²) in [5.74, 6) is 1.15. The van der Waals surface area contributed by atoms with Crippen LogP contribution in [0.4, 0.5) is 5.69 Å². The Hall–Kier alpha value is -2.36. The Balaban J connectivity index is 2.15. The summed E-state index contributed by atoms with van der Waals surface area (Å²) in [5.41, 5.74) is 0.684. The first-order valence-electron chi connectivity index (χ1n) is 4.77. The first-order valence-corrected chi connectivity index (χ1v) is 4.77. The number of amides is 1. The molecule has 1 N–H and O–H groups in total. The van der Waals surface area contributed by atoms with Crippen molar-refractivity contribution in [2.24, 2.45) is 0 Å². The van der Waals surface area contributed by atoms with Gasteiger partial charge in [-0.1, -0.05) is 12.1 Å². The molecule has 0 bridgehead atoms. The quantitative estimate of drug-likeness (QED) is 0.795. The van der Waals surface area contributed by atoms with Crippen LogP contribution in [0.5, 0.6) is 11.6 Å². The summed E-state index contributed by atoms with van der Waals surface area (Å²) in [6.07, 6.45) is 2.28. The van der Waals surface area contributed by atoms with Gasteiger partial charge in [0.1, 0.15) is 5.75 Å². The number of hydrogen-bond donors (Lipinski definition) is 1. The number of aromatic nitrogens is 1. The molecule has 1 aromatic heterocycles. The molecule has 1 aromatic carbocycles. The molecule has 0 unspecified atom stereocenters. The molecule has 0 saturated heterocycles. The largest absolute Gasteiger partial charge is 0.439 e. The van der Waals surface area contributed by atoms with Gasteiger partial charge < -0.3 is 10.1 Å². The number of ether oxygens (including phenoxy) is 1. The molecule has 0 atom stereocenters. The van der Waals surface area contributed by atoms with Crippen LogP contribution >= 0.6 is 0 Å². The third kappa shape index (κ3) is 2.57. The Morgan fingerprint density at radius 3 is 2.88 bits per heavy atom. The fourth-order valence-corrected chi connectivity index (χ4v) is 1.25. The topological polar surface area (TPSA) is 51.2 Å². The van der Waals surface area contributed by atoms with Crippen LogP contribution in [0.2, 0.25) is 0 Å². The molecule has 80 valence electrons. The second-order valence-electron chi connectivity index (χ2n) is 3.06. The van der Waals surface area contributed by atoms with E-state index in [0.29, 0.717) is 23.7 Å². The van der Waals surface area contributed by atoms with Crippen molar-refractivity contribution in [2.45, 2.75) is 0 Å². The molecule has 1 amide bonds. The highest BCUT2D eigenvalue weighted by Crippen LogP contribution is 2.21. The van der Waals surface area contributed by atoms with E-state index in [4.69, 9.17) is 4.74 Å². The van der Waals surface area contributed by atoms with Crippen LogP contribution in [0.25, 0.3) is 0 Å². The van der Waals surface area contributed by atoms with E-state index in [1.807, 2.05) is 12.1 Å². The molecule has 0 saturated carbocycles. The van der Waals surface area contributed by atoms with Gasteiger partial charge >= 0.3 is 0 Å². The molecule has 4 heteroatoms. The standard InChI is InChI=1S/C12H10N2O2/c15-9-14-10-4-3-5-11(8-10)16-12-6-1-2-7-13-12/h1-9H,(H,14,15). The van der Waals surface area contributed by atoms with Gasteiger partial charge in [0.25, 0.3) is 0 Å². The van der Waals surface area contributed by atoms with E-state index in [1.165, 1.54) is 0 Å². The van der Waals surface area contributed by atoms with Gasteiger partial charge in [0.15, 0.2) is 0 Å². The van der Waals surface area contributed by atoms with Crippen LogP contribution in [0.1, 0.15) is 0 Å². The Bertz CT molecular complexity index is 471. The predicted octanol–water partition coefficient (Wildman–Crippen LogP) is 2.44. The van der Waals surface area contributed by atoms with Crippen LogP contribution in [0.3, 0.4) is 0 Å². The zero-order chi connectivity index (χ0) is 11.2. The van der Waals surface area contributed by atoms with Crippen molar-refractivity contribution in [1.29, 1.82) is 0 Å². The van der Waals surface area contributed by atoms with Crippen molar-refractivity contribution in [3.63, 3.8) is 0 Å². The molecule has 0 aliphatic carbocycles. The number of hydrogen-bond acceptors (Lipinski definition) is 3.